The topological polar surface area (TPSA) is 61.8 Å². The van der Waals surface area contributed by atoms with Crippen LogP contribution in [0.3, 0.4) is 0 Å². The molecule has 29 heavy (non-hydrogen) atoms. The number of rotatable bonds is 4. The zero-order chi connectivity index (χ0) is 20.8. The second kappa shape index (κ2) is 7.66. The van der Waals surface area contributed by atoms with Crippen LogP contribution in [0.4, 0.5) is 0 Å². The number of hydrogen-bond donors (Lipinski definition) is 0. The summed E-state index contributed by atoms with van der Waals surface area (Å²) in [6.07, 6.45) is 5.12. The molecule has 3 aliphatic rings. The first kappa shape index (κ1) is 20.2. The van der Waals surface area contributed by atoms with Gasteiger partial charge >= 0.3 is 11.9 Å². The largest absolute Gasteiger partial charge is 0.497 e. The van der Waals surface area contributed by atoms with E-state index in [2.05, 4.69) is 25.1 Å². The summed E-state index contributed by atoms with van der Waals surface area (Å²) in [5.41, 5.74) is 2.83. The Morgan fingerprint density at radius 1 is 1.17 bits per heavy atom. The first-order chi connectivity index (χ1) is 13.8. The Kier molecular flexibility index (Phi) is 5.34. The summed E-state index contributed by atoms with van der Waals surface area (Å²) >= 11 is 0. The molecule has 0 radical (unpaired) electrons. The maximum atomic E-state index is 11.9. The van der Waals surface area contributed by atoms with Gasteiger partial charge in [0.15, 0.2) is 0 Å². The predicted octanol–water partition coefficient (Wildman–Crippen LogP) is 4.27. The van der Waals surface area contributed by atoms with Crippen molar-refractivity contribution < 1.29 is 23.8 Å². The van der Waals surface area contributed by atoms with Gasteiger partial charge in [0, 0.05) is 25.2 Å². The summed E-state index contributed by atoms with van der Waals surface area (Å²) in [5.74, 6) is 2.09. The number of hydrogen-bond acceptors (Lipinski definition) is 5. The van der Waals surface area contributed by atoms with E-state index >= 15 is 0 Å². The third-order valence-electron chi connectivity index (χ3n) is 7.80. The van der Waals surface area contributed by atoms with Crippen LogP contribution >= 0.6 is 0 Å². The molecule has 1 aromatic carbocycles. The lowest BCUT2D eigenvalue weighted by molar-refractivity contribution is -0.160. The van der Waals surface area contributed by atoms with Crippen molar-refractivity contribution in [1.82, 2.24) is 0 Å². The van der Waals surface area contributed by atoms with Crippen molar-refractivity contribution >= 4 is 11.9 Å². The number of methoxy groups -OCH3 is 1. The van der Waals surface area contributed by atoms with E-state index in [4.69, 9.17) is 14.2 Å². The van der Waals surface area contributed by atoms with Crippen molar-refractivity contribution in [2.75, 3.05) is 13.7 Å². The van der Waals surface area contributed by atoms with E-state index in [-0.39, 0.29) is 29.4 Å². The molecule has 0 heterocycles. The summed E-state index contributed by atoms with van der Waals surface area (Å²) in [5, 5.41) is 0. The molecule has 0 N–H and O–H groups in total. The fraction of sp³-hybridized carbons (Fsp3) is 0.667. The summed E-state index contributed by atoms with van der Waals surface area (Å²) in [4.78, 5) is 23.3. The molecule has 2 saturated carbocycles. The minimum atomic E-state index is -0.273. The molecule has 6 atom stereocenters. The van der Waals surface area contributed by atoms with Crippen LogP contribution < -0.4 is 4.74 Å². The van der Waals surface area contributed by atoms with E-state index in [0.29, 0.717) is 24.4 Å². The molecular weight excluding hydrogens is 368 g/mol. The van der Waals surface area contributed by atoms with E-state index < -0.39 is 0 Å². The number of fused-ring (bicyclic) bond motifs is 5. The van der Waals surface area contributed by atoms with E-state index in [1.165, 1.54) is 25.0 Å². The molecule has 0 bridgehead atoms. The summed E-state index contributed by atoms with van der Waals surface area (Å²) in [6.45, 7) is 5.55. The van der Waals surface area contributed by atoms with Gasteiger partial charge in [-0.25, -0.2) is 0 Å². The van der Waals surface area contributed by atoms with Crippen molar-refractivity contribution in [2.24, 2.45) is 23.2 Å². The van der Waals surface area contributed by atoms with Crippen LogP contribution in [0.25, 0.3) is 0 Å². The molecule has 0 spiro atoms. The lowest BCUT2D eigenvalue weighted by Crippen LogP contribution is -2.46. The van der Waals surface area contributed by atoms with Gasteiger partial charge in [-0.15, -0.1) is 0 Å². The molecule has 0 aliphatic heterocycles. The van der Waals surface area contributed by atoms with Crippen LogP contribution in [0.5, 0.6) is 5.75 Å². The fourth-order valence-corrected chi connectivity index (χ4v) is 6.61. The average Bonchev–Trinajstić information content (AvgIpc) is 2.97. The smallest absolute Gasteiger partial charge is 0.302 e. The number of esters is 2. The maximum absolute atomic E-state index is 11.9. The third-order valence-corrected chi connectivity index (χ3v) is 7.80. The standard InChI is InChI=1S/C24H32O5/c1-14(25)28-13-17-12-22-21-7-5-16-11-18(27-4)6-8-19(16)20(21)9-10-24(22,3)23(17)29-15(2)26/h6,8,11,17,20-23H,5,7,9-10,12-13H2,1-4H3/t17-,20-,21-,22+,23-,24+/m1/s1. The van der Waals surface area contributed by atoms with Crippen molar-refractivity contribution in [3.05, 3.63) is 29.3 Å². The van der Waals surface area contributed by atoms with Crippen molar-refractivity contribution in [1.29, 1.82) is 0 Å². The SMILES string of the molecule is COc1ccc2c(c1)CC[C@@H]1[C@@H]2CC[C@]2(C)[C@H](OC(C)=O)[C@@H](COC(C)=O)C[C@@H]12. The Bertz CT molecular complexity index is 802. The summed E-state index contributed by atoms with van der Waals surface area (Å²) in [7, 11) is 1.72. The lowest BCUT2D eigenvalue weighted by Gasteiger charge is -2.50. The van der Waals surface area contributed by atoms with Gasteiger partial charge in [-0.2, -0.15) is 0 Å². The van der Waals surface area contributed by atoms with Gasteiger partial charge in [-0.05, 0) is 73.1 Å². The predicted molar refractivity (Wildman–Crippen MR) is 109 cm³/mol. The molecule has 2 fully saturated rings. The van der Waals surface area contributed by atoms with E-state index in [1.807, 2.05) is 0 Å². The molecule has 158 valence electrons. The van der Waals surface area contributed by atoms with Gasteiger partial charge in [0.05, 0.1) is 13.7 Å². The molecule has 1 aromatic rings. The lowest BCUT2D eigenvalue weighted by atomic mass is 9.55. The van der Waals surface area contributed by atoms with Crippen LogP contribution in [-0.4, -0.2) is 31.8 Å². The molecule has 3 aliphatic carbocycles. The monoisotopic (exact) mass is 400 g/mol. The molecule has 0 aromatic heterocycles. The molecule has 0 unspecified atom stereocenters. The first-order valence-electron chi connectivity index (χ1n) is 10.8. The molecule has 4 rings (SSSR count). The Labute approximate surface area is 173 Å². The first-order valence-corrected chi connectivity index (χ1v) is 10.8. The average molecular weight is 401 g/mol. The second-order valence-corrected chi connectivity index (χ2v) is 9.35. The molecule has 0 saturated heterocycles. The highest BCUT2D eigenvalue weighted by Gasteiger charge is 2.59. The van der Waals surface area contributed by atoms with Crippen LogP contribution in [0, 0.1) is 23.2 Å². The van der Waals surface area contributed by atoms with Crippen molar-refractivity contribution in [3.63, 3.8) is 0 Å². The van der Waals surface area contributed by atoms with E-state index in [0.717, 1.165) is 37.9 Å². The second-order valence-electron chi connectivity index (χ2n) is 9.35. The Balaban J connectivity index is 1.62. The van der Waals surface area contributed by atoms with Crippen molar-refractivity contribution in [2.45, 2.75) is 64.9 Å². The minimum Gasteiger partial charge on any atom is -0.497 e. The van der Waals surface area contributed by atoms with E-state index in [9.17, 15) is 9.59 Å². The van der Waals surface area contributed by atoms with Crippen molar-refractivity contribution in [3.8, 4) is 5.75 Å². The summed E-state index contributed by atoms with van der Waals surface area (Å²) < 4.78 is 16.6. The molecule has 5 nitrogen and oxygen atoms in total. The highest BCUT2D eigenvalue weighted by molar-refractivity contribution is 5.66. The highest BCUT2D eigenvalue weighted by atomic mass is 16.6. The van der Waals surface area contributed by atoms with Gasteiger partial charge in [-0.3, -0.25) is 9.59 Å². The number of aryl methyl sites for hydroxylation is 1. The number of carbonyl (C=O) groups excluding carboxylic acids is 2. The maximum Gasteiger partial charge on any atom is 0.302 e. The highest BCUT2D eigenvalue weighted by Crippen LogP contribution is 2.63. The van der Waals surface area contributed by atoms with Crippen LogP contribution in [-0.2, 0) is 25.5 Å². The van der Waals surface area contributed by atoms with Gasteiger partial charge in [0.2, 0.25) is 0 Å². The quantitative estimate of drug-likeness (QED) is 0.706. The van der Waals surface area contributed by atoms with Crippen LogP contribution in [0.2, 0.25) is 0 Å². The Hall–Kier alpha value is -2.04. The van der Waals surface area contributed by atoms with Crippen LogP contribution in [0.15, 0.2) is 18.2 Å². The molecular formula is C24H32O5. The normalized spacial score (nSPS) is 35.1. The number of carbonyl (C=O) groups is 2. The van der Waals surface area contributed by atoms with Gasteiger partial charge in [-0.1, -0.05) is 13.0 Å². The molecule has 5 heteroatoms. The van der Waals surface area contributed by atoms with Gasteiger partial charge < -0.3 is 14.2 Å². The number of benzene rings is 1. The third kappa shape index (κ3) is 3.53. The number of ether oxygens (including phenoxy) is 3. The fourth-order valence-electron chi connectivity index (χ4n) is 6.61. The van der Waals surface area contributed by atoms with E-state index in [1.54, 1.807) is 7.11 Å². The zero-order valence-electron chi connectivity index (χ0n) is 17.9. The Morgan fingerprint density at radius 2 is 1.97 bits per heavy atom. The van der Waals surface area contributed by atoms with Gasteiger partial charge in [0.1, 0.15) is 11.9 Å². The summed E-state index contributed by atoms with van der Waals surface area (Å²) in [6, 6.07) is 6.52. The Morgan fingerprint density at radius 3 is 2.66 bits per heavy atom. The van der Waals surface area contributed by atoms with Crippen LogP contribution in [0.1, 0.15) is 63.5 Å². The van der Waals surface area contributed by atoms with Gasteiger partial charge in [0.25, 0.3) is 0 Å². The minimum absolute atomic E-state index is 0.0539. The zero-order valence-corrected chi connectivity index (χ0v) is 17.9. The molecule has 0 amide bonds.